The molecule has 0 saturated carbocycles. The van der Waals surface area contributed by atoms with Gasteiger partial charge in [0.1, 0.15) is 17.2 Å². The molecule has 6 aromatic rings. The van der Waals surface area contributed by atoms with Crippen molar-refractivity contribution in [1.82, 2.24) is 9.78 Å². The number of benzene rings is 4. The Morgan fingerprint density at radius 1 is 0.778 bits per heavy atom. The van der Waals surface area contributed by atoms with E-state index in [0.29, 0.717) is 22.7 Å². The lowest BCUT2D eigenvalue weighted by Gasteiger charge is -2.08. The van der Waals surface area contributed by atoms with Crippen molar-refractivity contribution in [3.63, 3.8) is 0 Å². The zero-order valence-corrected chi connectivity index (χ0v) is 20.0. The van der Waals surface area contributed by atoms with Crippen molar-refractivity contribution in [3.8, 4) is 27.8 Å². The summed E-state index contributed by atoms with van der Waals surface area (Å²) in [5.74, 6) is 1.24. The molecule has 0 bridgehead atoms. The van der Waals surface area contributed by atoms with Gasteiger partial charge in [-0.3, -0.25) is 4.79 Å². The monoisotopic (exact) mass is 487 g/mol. The van der Waals surface area contributed by atoms with Gasteiger partial charge in [-0.2, -0.15) is 5.10 Å². The van der Waals surface area contributed by atoms with E-state index in [9.17, 15) is 4.79 Å². The van der Waals surface area contributed by atoms with Gasteiger partial charge in [-0.15, -0.1) is 11.3 Å². The predicted octanol–water partition coefficient (Wildman–Crippen LogP) is 7.80. The Balaban J connectivity index is 1.31. The molecule has 0 aliphatic heterocycles. The molecule has 6 rings (SSSR count). The van der Waals surface area contributed by atoms with Crippen molar-refractivity contribution in [2.45, 2.75) is 0 Å². The second-order valence-electron chi connectivity index (χ2n) is 8.21. The summed E-state index contributed by atoms with van der Waals surface area (Å²) in [6.07, 6.45) is 1.79. The number of rotatable bonds is 6. The molecule has 0 unspecified atom stereocenters. The van der Waals surface area contributed by atoms with Gasteiger partial charge in [0.25, 0.3) is 5.91 Å². The Kier molecular flexibility index (Phi) is 5.77. The van der Waals surface area contributed by atoms with Crippen LogP contribution < -0.4 is 10.1 Å². The number of hydrogen-bond donors (Lipinski definition) is 1. The number of ether oxygens (including phenoxy) is 1. The van der Waals surface area contributed by atoms with Gasteiger partial charge >= 0.3 is 0 Å². The lowest BCUT2D eigenvalue weighted by Crippen LogP contribution is -2.12. The van der Waals surface area contributed by atoms with Gasteiger partial charge < -0.3 is 10.1 Å². The third-order valence-corrected chi connectivity index (χ3v) is 6.85. The van der Waals surface area contributed by atoms with E-state index in [0.717, 1.165) is 26.4 Å². The van der Waals surface area contributed by atoms with Gasteiger partial charge in [-0.1, -0.05) is 54.6 Å². The van der Waals surface area contributed by atoms with Crippen molar-refractivity contribution in [1.29, 1.82) is 0 Å². The molecule has 174 valence electrons. The fourth-order valence-electron chi connectivity index (χ4n) is 3.96. The molecule has 4 aromatic carbocycles. The highest BCUT2D eigenvalue weighted by Crippen LogP contribution is 2.35. The summed E-state index contributed by atoms with van der Waals surface area (Å²) in [4.78, 5) is 14.4. The van der Waals surface area contributed by atoms with Gasteiger partial charge in [0.05, 0.1) is 16.1 Å². The Morgan fingerprint density at radius 3 is 2.19 bits per heavy atom. The SMILES string of the molecule is O=C(Nc1ccc(Oc2ccccc2)cc1)c1cn(-c2ccccc2)nc1-c1cc2ccccc2s1. The Morgan fingerprint density at radius 2 is 1.44 bits per heavy atom. The number of hydrogen-bond acceptors (Lipinski definition) is 4. The molecule has 1 amide bonds. The Hall–Kier alpha value is -4.68. The fraction of sp³-hybridized carbons (Fsp3) is 0. The second-order valence-corrected chi connectivity index (χ2v) is 9.30. The average Bonchev–Trinajstić information content (AvgIpc) is 3.56. The minimum Gasteiger partial charge on any atom is -0.457 e. The highest BCUT2D eigenvalue weighted by atomic mass is 32.1. The highest BCUT2D eigenvalue weighted by Gasteiger charge is 2.20. The van der Waals surface area contributed by atoms with Crippen molar-refractivity contribution in [2.75, 3.05) is 5.32 Å². The molecule has 0 fully saturated rings. The quantitative estimate of drug-likeness (QED) is 0.261. The van der Waals surface area contributed by atoms with Crippen molar-refractivity contribution < 1.29 is 9.53 Å². The zero-order chi connectivity index (χ0) is 24.3. The topological polar surface area (TPSA) is 56.1 Å². The Labute approximate surface area is 212 Å². The van der Waals surface area contributed by atoms with Gasteiger partial charge in [0, 0.05) is 16.6 Å². The van der Waals surface area contributed by atoms with Crippen LogP contribution in [0.5, 0.6) is 11.5 Å². The standard InChI is InChI=1S/C30H21N3O2S/c34-30(31-22-15-17-25(18-16-22)35-24-12-5-2-6-13-24)26-20-33(23-10-3-1-4-11-23)32-29(26)28-19-21-9-7-8-14-27(21)36-28/h1-20H,(H,31,34). The van der Waals surface area contributed by atoms with Crippen LogP contribution in [0, 0.1) is 0 Å². The third kappa shape index (κ3) is 4.50. The maximum Gasteiger partial charge on any atom is 0.259 e. The van der Waals surface area contributed by atoms with Gasteiger partial charge in [-0.05, 0) is 66.0 Å². The summed E-state index contributed by atoms with van der Waals surface area (Å²) >= 11 is 1.63. The van der Waals surface area contributed by atoms with Crippen molar-refractivity contribution in [3.05, 3.63) is 127 Å². The maximum atomic E-state index is 13.5. The number of carbonyl (C=O) groups excluding carboxylic acids is 1. The van der Waals surface area contributed by atoms with E-state index >= 15 is 0 Å². The van der Waals surface area contributed by atoms with E-state index in [-0.39, 0.29) is 5.91 Å². The number of anilines is 1. The van der Waals surface area contributed by atoms with Crippen molar-refractivity contribution >= 4 is 33.0 Å². The van der Waals surface area contributed by atoms with E-state index in [1.54, 1.807) is 22.2 Å². The first-order valence-electron chi connectivity index (χ1n) is 11.5. The zero-order valence-electron chi connectivity index (χ0n) is 19.2. The summed E-state index contributed by atoms with van der Waals surface area (Å²) in [5.41, 5.74) is 2.73. The first-order valence-corrected chi connectivity index (χ1v) is 12.3. The smallest absolute Gasteiger partial charge is 0.259 e. The average molecular weight is 488 g/mol. The predicted molar refractivity (Wildman–Crippen MR) is 145 cm³/mol. The summed E-state index contributed by atoms with van der Waals surface area (Å²) in [7, 11) is 0. The largest absolute Gasteiger partial charge is 0.457 e. The number of para-hydroxylation sites is 2. The van der Waals surface area contributed by atoms with Crippen LogP contribution in [-0.2, 0) is 0 Å². The lowest BCUT2D eigenvalue weighted by atomic mass is 10.1. The van der Waals surface area contributed by atoms with Crippen molar-refractivity contribution in [2.24, 2.45) is 0 Å². The van der Waals surface area contributed by atoms with E-state index in [1.807, 2.05) is 97.1 Å². The summed E-state index contributed by atoms with van der Waals surface area (Å²) in [6.45, 7) is 0. The molecule has 2 heterocycles. The fourth-order valence-corrected chi connectivity index (χ4v) is 5.02. The van der Waals surface area contributed by atoms with Crippen LogP contribution in [0.25, 0.3) is 26.3 Å². The molecule has 0 aliphatic carbocycles. The highest BCUT2D eigenvalue weighted by molar-refractivity contribution is 7.22. The number of nitrogens with zero attached hydrogens (tertiary/aromatic N) is 2. The molecule has 2 aromatic heterocycles. The summed E-state index contributed by atoms with van der Waals surface area (Å²) < 4.78 is 8.77. The number of aromatic nitrogens is 2. The molecule has 0 radical (unpaired) electrons. The molecular weight excluding hydrogens is 466 g/mol. The van der Waals surface area contributed by atoms with Gasteiger partial charge in [-0.25, -0.2) is 4.68 Å². The minimum atomic E-state index is -0.221. The van der Waals surface area contributed by atoms with Crippen LogP contribution in [0.15, 0.2) is 121 Å². The molecule has 0 saturated heterocycles. The first-order chi connectivity index (χ1) is 17.7. The molecule has 36 heavy (non-hydrogen) atoms. The number of thiophene rings is 1. The van der Waals surface area contributed by atoms with E-state index in [2.05, 4.69) is 23.5 Å². The van der Waals surface area contributed by atoms with E-state index < -0.39 is 0 Å². The number of carbonyl (C=O) groups is 1. The normalized spacial score (nSPS) is 10.9. The van der Waals surface area contributed by atoms with Crippen LogP contribution in [0.4, 0.5) is 5.69 Å². The third-order valence-electron chi connectivity index (χ3n) is 5.73. The van der Waals surface area contributed by atoms with E-state index in [1.165, 1.54) is 0 Å². The molecule has 1 N–H and O–H groups in total. The first kappa shape index (κ1) is 21.8. The molecule has 5 nitrogen and oxygen atoms in total. The second kappa shape index (κ2) is 9.52. The lowest BCUT2D eigenvalue weighted by molar-refractivity contribution is 0.102. The van der Waals surface area contributed by atoms with Crippen LogP contribution in [0.1, 0.15) is 10.4 Å². The maximum absolute atomic E-state index is 13.5. The molecular formula is C30H21N3O2S. The Bertz CT molecular complexity index is 1610. The number of nitrogens with one attached hydrogen (secondary N) is 1. The van der Waals surface area contributed by atoms with Crippen LogP contribution in [0.3, 0.4) is 0 Å². The molecule has 0 aliphatic rings. The molecule has 0 spiro atoms. The van der Waals surface area contributed by atoms with Gasteiger partial charge in [0.2, 0.25) is 0 Å². The van der Waals surface area contributed by atoms with E-state index in [4.69, 9.17) is 9.84 Å². The summed E-state index contributed by atoms with van der Waals surface area (Å²) in [6, 6.07) is 37.0. The van der Waals surface area contributed by atoms with Crippen LogP contribution in [0.2, 0.25) is 0 Å². The number of amides is 1. The van der Waals surface area contributed by atoms with Crippen LogP contribution >= 0.6 is 11.3 Å². The van der Waals surface area contributed by atoms with Gasteiger partial charge in [0.15, 0.2) is 0 Å². The van der Waals surface area contributed by atoms with Crippen LogP contribution in [-0.4, -0.2) is 15.7 Å². The molecule has 0 atom stereocenters. The number of fused-ring (bicyclic) bond motifs is 1. The molecule has 6 heteroatoms. The summed E-state index contributed by atoms with van der Waals surface area (Å²) in [5, 5.41) is 8.96. The minimum absolute atomic E-state index is 0.221.